The minimum atomic E-state index is 0.545. The molecule has 2 rings (SSSR count). The molecule has 1 aromatic rings. The lowest BCUT2D eigenvalue weighted by atomic mass is 9.91. The molecule has 82 valence electrons. The van der Waals surface area contributed by atoms with E-state index in [0.717, 1.165) is 10.6 Å². The van der Waals surface area contributed by atoms with E-state index in [2.05, 4.69) is 11.9 Å². The lowest BCUT2D eigenvalue weighted by Gasteiger charge is -2.37. The summed E-state index contributed by atoms with van der Waals surface area (Å²) in [5.41, 5.74) is 2.35. The number of alkyl halides is 1. The lowest BCUT2D eigenvalue weighted by Crippen LogP contribution is -2.37. The molecule has 1 saturated carbocycles. The summed E-state index contributed by atoms with van der Waals surface area (Å²) in [4.78, 5) is 2.31. The third kappa shape index (κ3) is 2.24. The molecule has 1 fully saturated rings. The highest BCUT2D eigenvalue weighted by Crippen LogP contribution is 2.32. The maximum Gasteiger partial charge on any atom is 0.0494 e. The fourth-order valence-electron chi connectivity index (χ4n) is 1.95. The fourth-order valence-corrected chi connectivity index (χ4v) is 2.34. The predicted molar refractivity (Wildman–Crippen MR) is 67.1 cm³/mol. The number of halogens is 2. The van der Waals surface area contributed by atoms with Crippen molar-refractivity contribution < 1.29 is 0 Å². The number of rotatable bonds is 3. The van der Waals surface area contributed by atoms with Gasteiger partial charge in [-0.15, -0.1) is 11.6 Å². The van der Waals surface area contributed by atoms with E-state index in [-0.39, 0.29) is 0 Å². The number of anilines is 1. The number of hydrogen-bond acceptors (Lipinski definition) is 1. The maximum absolute atomic E-state index is 6.01. The maximum atomic E-state index is 6.01. The zero-order valence-electron chi connectivity index (χ0n) is 8.84. The first kappa shape index (κ1) is 11.1. The minimum absolute atomic E-state index is 0.545. The SMILES string of the molecule is CN(c1cc(Cl)ccc1CCl)C1CCC1. The molecule has 0 saturated heterocycles. The molecule has 0 heterocycles. The van der Waals surface area contributed by atoms with Crippen LogP contribution < -0.4 is 4.90 Å². The largest absolute Gasteiger partial charge is 0.371 e. The molecule has 0 spiro atoms. The van der Waals surface area contributed by atoms with Crippen molar-refractivity contribution in [2.75, 3.05) is 11.9 Å². The van der Waals surface area contributed by atoms with Crippen molar-refractivity contribution in [3.05, 3.63) is 28.8 Å². The molecule has 0 aliphatic heterocycles. The topological polar surface area (TPSA) is 3.24 Å². The van der Waals surface area contributed by atoms with Gasteiger partial charge in [-0.25, -0.2) is 0 Å². The first-order valence-electron chi connectivity index (χ1n) is 5.29. The molecule has 0 N–H and O–H groups in total. The summed E-state index contributed by atoms with van der Waals surface area (Å²) in [6.07, 6.45) is 3.90. The van der Waals surface area contributed by atoms with Crippen LogP contribution in [-0.2, 0) is 5.88 Å². The Bertz CT molecular complexity index is 347. The van der Waals surface area contributed by atoms with Crippen molar-refractivity contribution in [1.82, 2.24) is 0 Å². The van der Waals surface area contributed by atoms with Crippen LogP contribution in [0.15, 0.2) is 18.2 Å². The Hall–Kier alpha value is -0.400. The molecule has 0 bridgehead atoms. The van der Waals surface area contributed by atoms with E-state index < -0.39 is 0 Å². The average Bonchev–Trinajstić information content (AvgIpc) is 2.15. The highest BCUT2D eigenvalue weighted by molar-refractivity contribution is 6.31. The van der Waals surface area contributed by atoms with Crippen LogP contribution >= 0.6 is 23.2 Å². The number of hydrogen-bond donors (Lipinski definition) is 0. The summed E-state index contributed by atoms with van der Waals surface area (Å²) >= 11 is 11.9. The van der Waals surface area contributed by atoms with Gasteiger partial charge < -0.3 is 4.90 Å². The van der Waals surface area contributed by atoms with E-state index in [4.69, 9.17) is 23.2 Å². The molecule has 0 unspecified atom stereocenters. The van der Waals surface area contributed by atoms with E-state index in [9.17, 15) is 0 Å². The standard InChI is InChI=1S/C12H15Cl2N/c1-15(11-3-2-4-11)12-7-10(14)6-5-9(12)8-13/h5-7,11H,2-4,8H2,1H3. The highest BCUT2D eigenvalue weighted by Gasteiger charge is 2.23. The zero-order chi connectivity index (χ0) is 10.8. The second kappa shape index (κ2) is 4.63. The first-order valence-corrected chi connectivity index (χ1v) is 6.21. The molecule has 1 aromatic carbocycles. The summed E-state index contributed by atoms with van der Waals surface area (Å²) in [5.74, 6) is 0.545. The second-order valence-corrected chi connectivity index (χ2v) is 4.81. The molecule has 3 heteroatoms. The van der Waals surface area contributed by atoms with Crippen LogP contribution in [0.25, 0.3) is 0 Å². The van der Waals surface area contributed by atoms with Crippen LogP contribution in [0.3, 0.4) is 0 Å². The van der Waals surface area contributed by atoms with E-state index in [1.54, 1.807) is 0 Å². The van der Waals surface area contributed by atoms with Crippen molar-refractivity contribution in [3.63, 3.8) is 0 Å². The van der Waals surface area contributed by atoms with Crippen molar-refractivity contribution in [2.24, 2.45) is 0 Å². The predicted octanol–water partition coefficient (Wildman–Crippen LogP) is 4.07. The molecular formula is C12H15Cl2N. The smallest absolute Gasteiger partial charge is 0.0494 e. The average molecular weight is 244 g/mol. The lowest BCUT2D eigenvalue weighted by molar-refractivity contribution is 0.401. The van der Waals surface area contributed by atoms with Crippen molar-refractivity contribution >= 4 is 28.9 Å². The summed E-state index contributed by atoms with van der Waals surface area (Å²) in [6.45, 7) is 0. The Morgan fingerprint density at radius 1 is 1.40 bits per heavy atom. The van der Waals surface area contributed by atoms with Crippen LogP contribution in [0.1, 0.15) is 24.8 Å². The van der Waals surface area contributed by atoms with E-state index in [0.29, 0.717) is 11.9 Å². The third-order valence-corrected chi connectivity index (χ3v) is 3.72. The van der Waals surface area contributed by atoms with Crippen molar-refractivity contribution in [1.29, 1.82) is 0 Å². The van der Waals surface area contributed by atoms with Gasteiger partial charge in [0.2, 0.25) is 0 Å². The van der Waals surface area contributed by atoms with Gasteiger partial charge in [-0.3, -0.25) is 0 Å². The first-order chi connectivity index (χ1) is 7.22. The van der Waals surface area contributed by atoms with Crippen molar-refractivity contribution in [3.8, 4) is 0 Å². The Labute approximate surface area is 101 Å². The van der Waals surface area contributed by atoms with Gasteiger partial charge in [0.1, 0.15) is 0 Å². The Balaban J connectivity index is 2.27. The van der Waals surface area contributed by atoms with Gasteiger partial charge in [0, 0.05) is 29.7 Å². The zero-order valence-corrected chi connectivity index (χ0v) is 10.4. The normalized spacial score (nSPS) is 16.2. The molecule has 1 aliphatic carbocycles. The molecule has 0 amide bonds. The minimum Gasteiger partial charge on any atom is -0.371 e. The van der Waals surface area contributed by atoms with Gasteiger partial charge in [-0.1, -0.05) is 17.7 Å². The summed E-state index contributed by atoms with van der Waals surface area (Å²) in [6, 6.07) is 6.60. The Morgan fingerprint density at radius 3 is 2.67 bits per heavy atom. The van der Waals surface area contributed by atoms with Crippen LogP contribution in [0.4, 0.5) is 5.69 Å². The van der Waals surface area contributed by atoms with Gasteiger partial charge in [0.25, 0.3) is 0 Å². The Kier molecular flexibility index (Phi) is 3.42. The summed E-state index contributed by atoms with van der Waals surface area (Å²) in [5, 5.41) is 0.782. The number of nitrogens with zero attached hydrogens (tertiary/aromatic N) is 1. The van der Waals surface area contributed by atoms with Crippen LogP contribution in [0.2, 0.25) is 5.02 Å². The Morgan fingerprint density at radius 2 is 2.13 bits per heavy atom. The third-order valence-electron chi connectivity index (χ3n) is 3.19. The quantitative estimate of drug-likeness (QED) is 0.724. The van der Waals surface area contributed by atoms with Gasteiger partial charge in [0.05, 0.1) is 0 Å². The monoisotopic (exact) mass is 243 g/mol. The van der Waals surface area contributed by atoms with Gasteiger partial charge in [0.15, 0.2) is 0 Å². The molecule has 0 aromatic heterocycles. The van der Waals surface area contributed by atoms with Crippen LogP contribution in [0, 0.1) is 0 Å². The summed E-state index contributed by atoms with van der Waals surface area (Å²) < 4.78 is 0. The van der Waals surface area contributed by atoms with Crippen LogP contribution in [0.5, 0.6) is 0 Å². The van der Waals surface area contributed by atoms with Gasteiger partial charge in [-0.2, -0.15) is 0 Å². The van der Waals surface area contributed by atoms with Gasteiger partial charge in [-0.05, 0) is 37.0 Å². The van der Waals surface area contributed by atoms with Crippen LogP contribution in [-0.4, -0.2) is 13.1 Å². The van der Waals surface area contributed by atoms with Gasteiger partial charge >= 0.3 is 0 Å². The molecule has 0 atom stereocenters. The summed E-state index contributed by atoms with van der Waals surface area (Å²) in [7, 11) is 2.13. The number of benzene rings is 1. The molecule has 1 nitrogen and oxygen atoms in total. The van der Waals surface area contributed by atoms with E-state index >= 15 is 0 Å². The highest BCUT2D eigenvalue weighted by atomic mass is 35.5. The molecule has 0 radical (unpaired) electrons. The molecule has 1 aliphatic rings. The second-order valence-electron chi connectivity index (χ2n) is 4.10. The van der Waals surface area contributed by atoms with E-state index in [1.165, 1.54) is 24.9 Å². The fraction of sp³-hybridized carbons (Fsp3) is 0.500. The van der Waals surface area contributed by atoms with Crippen molar-refractivity contribution in [2.45, 2.75) is 31.2 Å². The van der Waals surface area contributed by atoms with E-state index in [1.807, 2.05) is 18.2 Å². The molecule has 15 heavy (non-hydrogen) atoms. The molecular weight excluding hydrogens is 229 g/mol.